The van der Waals surface area contributed by atoms with Crippen LogP contribution in [0.1, 0.15) is 24.0 Å². The van der Waals surface area contributed by atoms with Crippen molar-refractivity contribution in [1.29, 1.82) is 0 Å². The Bertz CT molecular complexity index is 1270. The van der Waals surface area contributed by atoms with Gasteiger partial charge in [0, 0.05) is 29.6 Å². The molecule has 174 valence electrons. The fourth-order valence-corrected chi connectivity index (χ4v) is 3.44. The first kappa shape index (κ1) is 24.9. The molecular weight excluding hydrogens is 472 g/mol. The van der Waals surface area contributed by atoms with Crippen molar-refractivity contribution in [3.05, 3.63) is 82.9 Å². The van der Waals surface area contributed by atoms with Crippen molar-refractivity contribution in [2.45, 2.75) is 19.8 Å². The Morgan fingerprint density at radius 2 is 1.62 bits per heavy atom. The maximum atomic E-state index is 12.1. The Balaban J connectivity index is 1.40. The number of halogens is 1. The van der Waals surface area contributed by atoms with Crippen molar-refractivity contribution in [2.24, 2.45) is 0 Å². The molecule has 0 atom stereocenters. The minimum absolute atomic E-state index is 0.0354. The number of carbonyl (C=O) groups excluding carboxylic acids is 3. The van der Waals surface area contributed by atoms with Gasteiger partial charge in [0.25, 0.3) is 0 Å². The summed E-state index contributed by atoms with van der Waals surface area (Å²) in [6.07, 6.45) is 2.95. The Morgan fingerprint density at radius 1 is 0.912 bits per heavy atom. The summed E-state index contributed by atoms with van der Waals surface area (Å²) in [7, 11) is 0. The van der Waals surface area contributed by atoms with Crippen LogP contribution in [-0.2, 0) is 14.4 Å². The van der Waals surface area contributed by atoms with Crippen LogP contribution in [0.3, 0.4) is 0 Å². The molecule has 0 saturated carbocycles. The highest BCUT2D eigenvalue weighted by molar-refractivity contribution is 7.80. The number of benzene rings is 3. The van der Waals surface area contributed by atoms with Crippen LogP contribution in [0.5, 0.6) is 0 Å². The summed E-state index contributed by atoms with van der Waals surface area (Å²) in [6, 6.07) is 18.9. The standard InChI is InChI=1S/C25H23ClN4O3S/c1-16-20(26)10-5-11-21(16)27-22(31)14-15-24(33)29-30-25(34)28-23(32)13-12-18-8-4-7-17-6-2-3-9-19(17)18/h2-13H,14-15H2,1H3,(H,27,31)(H,29,33)(H2,28,30,32,34). The van der Waals surface area contributed by atoms with Gasteiger partial charge in [0.1, 0.15) is 0 Å². The molecule has 3 amide bonds. The predicted molar refractivity (Wildman–Crippen MR) is 139 cm³/mol. The van der Waals surface area contributed by atoms with Crippen molar-refractivity contribution in [1.82, 2.24) is 16.2 Å². The summed E-state index contributed by atoms with van der Waals surface area (Å²) in [4.78, 5) is 36.2. The quantitative estimate of drug-likeness (QED) is 0.233. The molecule has 0 unspecified atom stereocenters. The van der Waals surface area contributed by atoms with E-state index in [-0.39, 0.29) is 23.9 Å². The predicted octanol–water partition coefficient (Wildman–Crippen LogP) is 4.26. The first-order valence-electron chi connectivity index (χ1n) is 10.4. The summed E-state index contributed by atoms with van der Waals surface area (Å²) in [6.45, 7) is 1.79. The summed E-state index contributed by atoms with van der Waals surface area (Å²) < 4.78 is 0. The number of rotatable bonds is 6. The van der Waals surface area contributed by atoms with Crippen LogP contribution in [0, 0.1) is 6.92 Å². The monoisotopic (exact) mass is 494 g/mol. The number of thiocarbonyl (C=S) groups is 1. The average molecular weight is 495 g/mol. The normalized spacial score (nSPS) is 10.6. The second-order valence-electron chi connectivity index (χ2n) is 7.35. The number of fused-ring (bicyclic) bond motifs is 1. The van der Waals surface area contributed by atoms with Gasteiger partial charge in [-0.2, -0.15) is 0 Å². The molecule has 0 spiro atoms. The maximum absolute atomic E-state index is 12.1. The van der Waals surface area contributed by atoms with Gasteiger partial charge in [-0.05, 0) is 59.2 Å². The van der Waals surface area contributed by atoms with E-state index in [4.69, 9.17) is 23.8 Å². The fourth-order valence-electron chi connectivity index (χ4n) is 3.12. The largest absolute Gasteiger partial charge is 0.326 e. The summed E-state index contributed by atoms with van der Waals surface area (Å²) in [5.41, 5.74) is 7.04. The van der Waals surface area contributed by atoms with Crippen LogP contribution in [-0.4, -0.2) is 22.8 Å². The summed E-state index contributed by atoms with van der Waals surface area (Å²) in [5.74, 6) is -1.23. The Hall–Kier alpha value is -3.75. The molecule has 0 aliphatic carbocycles. The van der Waals surface area contributed by atoms with E-state index in [1.54, 1.807) is 31.2 Å². The van der Waals surface area contributed by atoms with Gasteiger partial charge in [-0.3, -0.25) is 30.6 Å². The summed E-state index contributed by atoms with van der Waals surface area (Å²) >= 11 is 11.1. The number of amides is 3. The van der Waals surface area contributed by atoms with Crippen molar-refractivity contribution in [3.8, 4) is 0 Å². The Labute approximate surface area is 207 Å². The number of anilines is 1. The lowest BCUT2D eigenvalue weighted by molar-refractivity contribution is -0.124. The van der Waals surface area contributed by atoms with E-state index in [1.807, 2.05) is 42.5 Å². The van der Waals surface area contributed by atoms with E-state index in [0.29, 0.717) is 10.7 Å². The SMILES string of the molecule is Cc1c(Cl)cccc1NC(=O)CCC(=O)NNC(=S)NC(=O)C=Cc1cccc2ccccc12. The smallest absolute Gasteiger partial charge is 0.250 e. The molecule has 7 nitrogen and oxygen atoms in total. The first-order valence-corrected chi connectivity index (χ1v) is 11.2. The van der Waals surface area contributed by atoms with Gasteiger partial charge in [-0.15, -0.1) is 0 Å². The number of hydrogen-bond donors (Lipinski definition) is 4. The van der Waals surface area contributed by atoms with E-state index in [9.17, 15) is 14.4 Å². The van der Waals surface area contributed by atoms with E-state index in [1.165, 1.54) is 6.08 Å². The maximum Gasteiger partial charge on any atom is 0.250 e. The van der Waals surface area contributed by atoms with Gasteiger partial charge in [0.05, 0.1) is 0 Å². The molecule has 4 N–H and O–H groups in total. The Kier molecular flexibility index (Phi) is 8.73. The molecule has 34 heavy (non-hydrogen) atoms. The van der Waals surface area contributed by atoms with Gasteiger partial charge in [0.2, 0.25) is 17.7 Å². The molecule has 0 aromatic heterocycles. The van der Waals surface area contributed by atoms with Crippen molar-refractivity contribution < 1.29 is 14.4 Å². The van der Waals surface area contributed by atoms with Crippen molar-refractivity contribution in [3.63, 3.8) is 0 Å². The Morgan fingerprint density at radius 3 is 2.44 bits per heavy atom. The topological polar surface area (TPSA) is 99.3 Å². The zero-order valence-electron chi connectivity index (χ0n) is 18.4. The third-order valence-electron chi connectivity index (χ3n) is 4.91. The minimum atomic E-state index is -0.458. The molecule has 0 heterocycles. The molecule has 0 aliphatic rings. The molecule has 3 rings (SSSR count). The molecular formula is C25H23ClN4O3S. The van der Waals surface area contributed by atoms with Crippen LogP contribution >= 0.6 is 23.8 Å². The third-order valence-corrected chi connectivity index (χ3v) is 5.52. The van der Waals surface area contributed by atoms with Gasteiger partial charge in [0.15, 0.2) is 5.11 Å². The number of hydrazine groups is 1. The summed E-state index contributed by atoms with van der Waals surface area (Å²) in [5, 5.41) is 7.74. The molecule has 3 aromatic rings. The molecule has 0 radical (unpaired) electrons. The van der Waals surface area contributed by atoms with E-state index >= 15 is 0 Å². The van der Waals surface area contributed by atoms with Gasteiger partial charge >= 0.3 is 0 Å². The highest BCUT2D eigenvalue weighted by Gasteiger charge is 2.10. The second-order valence-corrected chi connectivity index (χ2v) is 8.17. The fraction of sp³-hybridized carbons (Fsp3) is 0.120. The lowest BCUT2D eigenvalue weighted by Crippen LogP contribution is -2.48. The van der Waals surface area contributed by atoms with Crippen molar-refractivity contribution >= 4 is 69.2 Å². The lowest BCUT2D eigenvalue weighted by atomic mass is 10.0. The van der Waals surface area contributed by atoms with E-state index < -0.39 is 11.8 Å². The van der Waals surface area contributed by atoms with Crippen molar-refractivity contribution in [2.75, 3.05) is 5.32 Å². The third kappa shape index (κ3) is 7.13. The number of hydrogen-bond acceptors (Lipinski definition) is 4. The highest BCUT2D eigenvalue weighted by Crippen LogP contribution is 2.23. The van der Waals surface area contributed by atoms with Crippen LogP contribution in [0.2, 0.25) is 5.02 Å². The minimum Gasteiger partial charge on any atom is -0.326 e. The zero-order valence-corrected chi connectivity index (χ0v) is 19.9. The van der Waals surface area contributed by atoms with Crippen LogP contribution in [0.4, 0.5) is 5.69 Å². The number of carbonyl (C=O) groups is 3. The lowest BCUT2D eigenvalue weighted by Gasteiger charge is -2.11. The second kappa shape index (κ2) is 11.9. The molecule has 9 heteroatoms. The molecule has 0 saturated heterocycles. The molecule has 0 aliphatic heterocycles. The molecule has 0 fully saturated rings. The highest BCUT2D eigenvalue weighted by atomic mass is 35.5. The van der Waals surface area contributed by atoms with Gasteiger partial charge in [-0.1, -0.05) is 60.1 Å². The first-order chi connectivity index (χ1) is 16.3. The molecule has 0 bridgehead atoms. The average Bonchev–Trinajstić information content (AvgIpc) is 2.83. The van der Waals surface area contributed by atoms with Gasteiger partial charge in [-0.25, -0.2) is 0 Å². The number of nitrogens with one attached hydrogen (secondary N) is 4. The molecule has 3 aromatic carbocycles. The van der Waals surface area contributed by atoms with Crippen LogP contribution in [0.15, 0.2) is 66.7 Å². The van der Waals surface area contributed by atoms with Crippen LogP contribution in [0.25, 0.3) is 16.8 Å². The van der Waals surface area contributed by atoms with Gasteiger partial charge < -0.3 is 5.32 Å². The van der Waals surface area contributed by atoms with Crippen LogP contribution < -0.4 is 21.5 Å². The van der Waals surface area contributed by atoms with E-state index in [0.717, 1.165) is 21.9 Å². The van der Waals surface area contributed by atoms with E-state index in [2.05, 4.69) is 21.5 Å². The zero-order chi connectivity index (χ0) is 24.5.